The zero-order valence-corrected chi connectivity index (χ0v) is 13.1. The summed E-state index contributed by atoms with van der Waals surface area (Å²) >= 11 is 0. The molecule has 0 bridgehead atoms. The molecule has 1 saturated carbocycles. The number of nitrogens with zero attached hydrogens (tertiary/aromatic N) is 1. The normalized spacial score (nSPS) is 16.2. The second kappa shape index (κ2) is 6.23. The Hall–Kier alpha value is -1.65. The number of halogens is 1. The van der Waals surface area contributed by atoms with Gasteiger partial charge in [0.1, 0.15) is 17.3 Å². The van der Waals surface area contributed by atoms with Crippen LogP contribution in [0.1, 0.15) is 24.2 Å². The maximum absolute atomic E-state index is 13.2. The molecule has 2 aromatic rings. The lowest BCUT2D eigenvalue weighted by molar-refractivity contribution is 0.101. The highest BCUT2D eigenvalue weighted by Crippen LogP contribution is 2.33. The molecule has 1 fully saturated rings. The van der Waals surface area contributed by atoms with Crippen molar-refractivity contribution in [2.45, 2.75) is 32.4 Å². The number of aliphatic hydroxyl groups is 1. The van der Waals surface area contributed by atoms with Gasteiger partial charge in [0, 0.05) is 12.1 Å². The molecule has 0 radical (unpaired) electrons. The van der Waals surface area contributed by atoms with Crippen molar-refractivity contribution in [1.82, 2.24) is 4.90 Å². The first-order valence-corrected chi connectivity index (χ1v) is 7.75. The van der Waals surface area contributed by atoms with Gasteiger partial charge in [-0.15, -0.1) is 0 Å². The molecular weight excluding hydrogens is 281 g/mol. The zero-order chi connectivity index (χ0) is 15.7. The lowest BCUT2D eigenvalue weighted by atomic mass is 10.1. The van der Waals surface area contributed by atoms with Crippen LogP contribution in [0.4, 0.5) is 4.39 Å². The quantitative estimate of drug-likeness (QED) is 0.886. The van der Waals surface area contributed by atoms with E-state index >= 15 is 0 Å². The van der Waals surface area contributed by atoms with Crippen LogP contribution in [-0.4, -0.2) is 29.7 Å². The second-order valence-corrected chi connectivity index (χ2v) is 6.33. The maximum Gasteiger partial charge on any atom is 0.134 e. The van der Waals surface area contributed by atoms with Gasteiger partial charge >= 0.3 is 0 Å². The topological polar surface area (TPSA) is 36.6 Å². The first-order valence-electron chi connectivity index (χ1n) is 7.75. The molecule has 1 N–H and O–H groups in total. The third-order valence-electron chi connectivity index (χ3n) is 4.21. The molecule has 118 valence electrons. The number of aryl methyl sites for hydroxylation is 1. The number of hydrogen-bond acceptors (Lipinski definition) is 3. The largest absolute Gasteiger partial charge is 0.460 e. The van der Waals surface area contributed by atoms with Gasteiger partial charge in [0.05, 0.1) is 12.6 Å². The highest BCUT2D eigenvalue weighted by atomic mass is 19.1. The summed E-state index contributed by atoms with van der Waals surface area (Å²) in [4.78, 5) is 2.07. The molecule has 1 unspecified atom stereocenters. The maximum atomic E-state index is 13.2. The van der Waals surface area contributed by atoms with E-state index in [0.717, 1.165) is 35.5 Å². The van der Waals surface area contributed by atoms with Crippen molar-refractivity contribution < 1.29 is 13.9 Å². The van der Waals surface area contributed by atoms with Crippen LogP contribution in [-0.2, 0) is 6.54 Å². The van der Waals surface area contributed by atoms with E-state index < -0.39 is 0 Å². The standard InChI is InChI=1S/C18H22FNO2/c1-12-9-14(19)5-7-16(12)18-8-6-15(22-18)10-20(2)11-17(21)13-3-4-13/h5-9,13,17,21H,3-4,10-11H2,1-2H3. The summed E-state index contributed by atoms with van der Waals surface area (Å²) in [6.45, 7) is 3.19. The summed E-state index contributed by atoms with van der Waals surface area (Å²) in [7, 11) is 1.98. The molecule has 22 heavy (non-hydrogen) atoms. The average Bonchev–Trinajstić information content (AvgIpc) is 3.20. The van der Waals surface area contributed by atoms with E-state index in [-0.39, 0.29) is 11.9 Å². The minimum Gasteiger partial charge on any atom is -0.460 e. The fourth-order valence-corrected chi connectivity index (χ4v) is 2.79. The van der Waals surface area contributed by atoms with Gasteiger partial charge in [0.15, 0.2) is 0 Å². The van der Waals surface area contributed by atoms with E-state index in [0.29, 0.717) is 19.0 Å². The van der Waals surface area contributed by atoms with E-state index in [4.69, 9.17) is 4.42 Å². The highest BCUT2D eigenvalue weighted by Gasteiger charge is 2.30. The molecule has 1 atom stereocenters. The number of benzene rings is 1. The third kappa shape index (κ3) is 3.57. The summed E-state index contributed by atoms with van der Waals surface area (Å²) in [6.07, 6.45) is 2.05. The van der Waals surface area contributed by atoms with Crippen LogP contribution >= 0.6 is 0 Å². The van der Waals surface area contributed by atoms with E-state index in [1.807, 2.05) is 26.1 Å². The molecule has 1 aliphatic carbocycles. The zero-order valence-electron chi connectivity index (χ0n) is 13.1. The Morgan fingerprint density at radius 1 is 1.32 bits per heavy atom. The van der Waals surface area contributed by atoms with Gasteiger partial charge in [-0.2, -0.15) is 0 Å². The lowest BCUT2D eigenvalue weighted by Gasteiger charge is -2.19. The van der Waals surface area contributed by atoms with E-state index in [1.54, 1.807) is 6.07 Å². The molecular formula is C18H22FNO2. The van der Waals surface area contributed by atoms with Crippen molar-refractivity contribution in [3.63, 3.8) is 0 Å². The number of likely N-dealkylation sites (N-methyl/N-ethyl adjacent to an activating group) is 1. The summed E-state index contributed by atoms with van der Waals surface area (Å²) < 4.78 is 19.0. The molecule has 1 aliphatic rings. The Balaban J connectivity index is 1.65. The predicted octanol–water partition coefficient (Wildman–Crippen LogP) is 3.60. The van der Waals surface area contributed by atoms with Crippen LogP contribution in [0.5, 0.6) is 0 Å². The van der Waals surface area contributed by atoms with Crippen molar-refractivity contribution in [2.75, 3.05) is 13.6 Å². The number of rotatable bonds is 6. The van der Waals surface area contributed by atoms with Crippen molar-refractivity contribution in [3.05, 3.63) is 47.5 Å². The third-order valence-corrected chi connectivity index (χ3v) is 4.21. The molecule has 0 spiro atoms. The Morgan fingerprint density at radius 3 is 2.77 bits per heavy atom. The van der Waals surface area contributed by atoms with Gasteiger partial charge in [-0.25, -0.2) is 4.39 Å². The van der Waals surface area contributed by atoms with Gasteiger partial charge in [-0.05, 0) is 68.6 Å². The monoisotopic (exact) mass is 303 g/mol. The van der Waals surface area contributed by atoms with Crippen molar-refractivity contribution in [2.24, 2.45) is 5.92 Å². The summed E-state index contributed by atoms with van der Waals surface area (Å²) in [5, 5.41) is 9.98. The van der Waals surface area contributed by atoms with Crippen LogP contribution in [0.3, 0.4) is 0 Å². The van der Waals surface area contributed by atoms with Gasteiger partial charge in [-0.1, -0.05) is 0 Å². The molecule has 1 aromatic heterocycles. The van der Waals surface area contributed by atoms with Gasteiger partial charge in [0.25, 0.3) is 0 Å². The summed E-state index contributed by atoms with van der Waals surface area (Å²) in [5.41, 5.74) is 1.77. The van der Waals surface area contributed by atoms with E-state index in [1.165, 1.54) is 12.1 Å². The number of furan rings is 1. The molecule has 0 saturated heterocycles. The second-order valence-electron chi connectivity index (χ2n) is 6.33. The number of hydrogen-bond donors (Lipinski definition) is 1. The average molecular weight is 303 g/mol. The molecule has 3 rings (SSSR count). The first kappa shape index (κ1) is 15.3. The van der Waals surface area contributed by atoms with Crippen LogP contribution in [0.2, 0.25) is 0 Å². The van der Waals surface area contributed by atoms with Crippen LogP contribution in [0.15, 0.2) is 34.7 Å². The predicted molar refractivity (Wildman–Crippen MR) is 83.9 cm³/mol. The van der Waals surface area contributed by atoms with E-state index in [2.05, 4.69) is 4.90 Å². The molecule has 0 aliphatic heterocycles. The highest BCUT2D eigenvalue weighted by molar-refractivity contribution is 5.62. The summed E-state index contributed by atoms with van der Waals surface area (Å²) in [6, 6.07) is 8.56. The fourth-order valence-electron chi connectivity index (χ4n) is 2.79. The Labute approximate surface area is 130 Å². The Morgan fingerprint density at radius 2 is 2.09 bits per heavy atom. The molecule has 1 aromatic carbocycles. The summed E-state index contributed by atoms with van der Waals surface area (Å²) in [5.74, 6) is 1.85. The molecule has 3 nitrogen and oxygen atoms in total. The lowest BCUT2D eigenvalue weighted by Crippen LogP contribution is -2.29. The number of aliphatic hydroxyl groups excluding tert-OH is 1. The Kier molecular flexibility index (Phi) is 4.32. The van der Waals surface area contributed by atoms with Gasteiger partial charge < -0.3 is 9.52 Å². The minimum atomic E-state index is -0.237. The van der Waals surface area contributed by atoms with Crippen LogP contribution < -0.4 is 0 Å². The molecule has 1 heterocycles. The van der Waals surface area contributed by atoms with E-state index in [9.17, 15) is 9.50 Å². The fraction of sp³-hybridized carbons (Fsp3) is 0.444. The van der Waals surface area contributed by atoms with Gasteiger partial charge in [0.2, 0.25) is 0 Å². The molecule has 0 amide bonds. The van der Waals surface area contributed by atoms with Gasteiger partial charge in [-0.3, -0.25) is 4.90 Å². The van der Waals surface area contributed by atoms with Crippen LogP contribution in [0.25, 0.3) is 11.3 Å². The van der Waals surface area contributed by atoms with Crippen LogP contribution in [0, 0.1) is 18.7 Å². The van der Waals surface area contributed by atoms with Crippen molar-refractivity contribution >= 4 is 0 Å². The minimum absolute atomic E-state index is 0.234. The van der Waals surface area contributed by atoms with Crippen molar-refractivity contribution in [3.8, 4) is 11.3 Å². The first-order chi connectivity index (χ1) is 10.5. The van der Waals surface area contributed by atoms with Crippen molar-refractivity contribution in [1.29, 1.82) is 0 Å². The molecule has 4 heteroatoms. The smallest absolute Gasteiger partial charge is 0.134 e. The Bertz CT molecular complexity index is 648. The SMILES string of the molecule is Cc1cc(F)ccc1-c1ccc(CN(C)CC(O)C2CC2)o1.